The van der Waals surface area contributed by atoms with Gasteiger partial charge >= 0.3 is 6.03 Å². The molecule has 2 amide bonds. The van der Waals surface area contributed by atoms with Crippen LogP contribution < -0.4 is 10.9 Å². The third-order valence-corrected chi connectivity index (χ3v) is 3.87. The first-order valence-electron chi connectivity index (χ1n) is 7.17. The molecule has 0 saturated carbocycles. The van der Waals surface area contributed by atoms with Crippen molar-refractivity contribution in [3.63, 3.8) is 0 Å². The second-order valence-electron chi connectivity index (χ2n) is 5.54. The zero-order valence-corrected chi connectivity index (χ0v) is 12.5. The Morgan fingerprint density at radius 1 is 1.55 bits per heavy atom. The number of hydrogen-bond donors (Lipinski definition) is 2. The van der Waals surface area contributed by atoms with E-state index in [4.69, 9.17) is 0 Å². The molecule has 116 valence electrons. The number of carbonyl (C=O) groups is 1. The number of nitrogens with zero attached hydrogens (tertiary/aromatic N) is 4. The Balaban J connectivity index is 1.69. The van der Waals surface area contributed by atoms with Crippen LogP contribution in [0.4, 0.5) is 4.79 Å². The Labute approximate surface area is 127 Å². The summed E-state index contributed by atoms with van der Waals surface area (Å²) in [5.74, 6) is 0.776. The zero-order chi connectivity index (χ0) is 15.7. The first-order chi connectivity index (χ1) is 10.5. The number of H-pyrrole nitrogens is 1. The fraction of sp³-hybridized carbons (Fsp3) is 0.429. The van der Waals surface area contributed by atoms with Gasteiger partial charge in [-0.25, -0.2) is 4.79 Å². The Hall–Kier alpha value is -2.64. The highest BCUT2D eigenvalue weighted by Gasteiger charge is 2.27. The lowest BCUT2D eigenvalue weighted by Crippen LogP contribution is -2.46. The van der Waals surface area contributed by atoms with Gasteiger partial charge in [0.2, 0.25) is 5.56 Å². The van der Waals surface area contributed by atoms with E-state index >= 15 is 0 Å². The normalized spacial score (nSPS) is 18.6. The molecule has 0 aliphatic carbocycles. The smallest absolute Gasteiger partial charge is 0.318 e. The van der Waals surface area contributed by atoms with Gasteiger partial charge in [-0.05, 0) is 25.5 Å². The number of hydrogen-bond acceptors (Lipinski definition) is 4. The van der Waals surface area contributed by atoms with Gasteiger partial charge in [0, 0.05) is 18.8 Å². The van der Waals surface area contributed by atoms with E-state index in [1.807, 2.05) is 18.4 Å². The van der Waals surface area contributed by atoms with E-state index < -0.39 is 0 Å². The number of fused-ring (bicyclic) bond motifs is 1. The van der Waals surface area contributed by atoms with Gasteiger partial charge in [0.05, 0.1) is 18.6 Å². The highest BCUT2D eigenvalue weighted by Crippen LogP contribution is 2.19. The molecule has 3 heterocycles. The van der Waals surface area contributed by atoms with Gasteiger partial charge in [-0.15, -0.1) is 10.2 Å². The molecular formula is C14H18N6O2. The molecule has 1 aliphatic heterocycles. The average Bonchev–Trinajstić information content (AvgIpc) is 2.96. The van der Waals surface area contributed by atoms with Crippen LogP contribution >= 0.6 is 0 Å². The van der Waals surface area contributed by atoms with Crippen LogP contribution in [-0.2, 0) is 6.54 Å². The molecule has 0 saturated heterocycles. The Morgan fingerprint density at radius 2 is 2.36 bits per heavy atom. The number of nitrogens with one attached hydrogen (secondary N) is 2. The van der Waals surface area contributed by atoms with E-state index in [1.54, 1.807) is 23.5 Å². The molecule has 2 atom stereocenters. The van der Waals surface area contributed by atoms with Crippen LogP contribution in [0.5, 0.6) is 0 Å². The topological polar surface area (TPSA) is 95.9 Å². The first kappa shape index (κ1) is 14.3. The number of aromatic amines is 1. The van der Waals surface area contributed by atoms with Crippen molar-refractivity contribution in [1.29, 1.82) is 0 Å². The van der Waals surface area contributed by atoms with Crippen LogP contribution in [-0.4, -0.2) is 37.2 Å². The quantitative estimate of drug-likeness (QED) is 0.858. The Kier molecular flexibility index (Phi) is 3.66. The highest BCUT2D eigenvalue weighted by atomic mass is 16.2. The van der Waals surface area contributed by atoms with Crippen molar-refractivity contribution in [3.05, 3.63) is 46.4 Å². The van der Waals surface area contributed by atoms with Crippen LogP contribution in [0.1, 0.15) is 37.3 Å². The van der Waals surface area contributed by atoms with E-state index in [0.717, 1.165) is 11.4 Å². The minimum atomic E-state index is -0.245. The lowest BCUT2D eigenvalue weighted by atomic mass is 10.1. The summed E-state index contributed by atoms with van der Waals surface area (Å²) in [6.45, 7) is 4.90. The minimum Gasteiger partial charge on any atom is -0.331 e. The SMILES string of the molecule is CC(NC(=O)N1Cc2nncn2C(C)C1)c1cc[nH]c(=O)c1. The second kappa shape index (κ2) is 5.63. The van der Waals surface area contributed by atoms with Crippen molar-refractivity contribution < 1.29 is 4.79 Å². The summed E-state index contributed by atoms with van der Waals surface area (Å²) in [6.07, 6.45) is 3.26. The molecule has 1 aliphatic rings. The molecular weight excluding hydrogens is 284 g/mol. The maximum Gasteiger partial charge on any atom is 0.318 e. The van der Waals surface area contributed by atoms with Crippen LogP contribution in [0.25, 0.3) is 0 Å². The van der Waals surface area contributed by atoms with Crippen molar-refractivity contribution in [2.45, 2.75) is 32.5 Å². The molecule has 3 rings (SSSR count). The van der Waals surface area contributed by atoms with E-state index in [9.17, 15) is 9.59 Å². The number of amides is 2. The van der Waals surface area contributed by atoms with Gasteiger partial charge in [0.15, 0.2) is 5.82 Å². The molecule has 8 nitrogen and oxygen atoms in total. The van der Waals surface area contributed by atoms with E-state index in [-0.39, 0.29) is 23.7 Å². The van der Waals surface area contributed by atoms with Crippen LogP contribution in [0.3, 0.4) is 0 Å². The highest BCUT2D eigenvalue weighted by molar-refractivity contribution is 5.74. The summed E-state index contributed by atoms with van der Waals surface area (Å²) in [5.41, 5.74) is 0.587. The van der Waals surface area contributed by atoms with Crippen molar-refractivity contribution >= 4 is 6.03 Å². The Bertz CT molecular complexity index is 737. The fourth-order valence-corrected chi connectivity index (χ4v) is 2.64. The molecule has 2 aromatic rings. The van der Waals surface area contributed by atoms with Gasteiger partial charge in [-0.3, -0.25) is 4.79 Å². The summed E-state index contributed by atoms with van der Waals surface area (Å²) in [7, 11) is 0. The number of urea groups is 1. The molecule has 22 heavy (non-hydrogen) atoms. The first-order valence-corrected chi connectivity index (χ1v) is 7.17. The number of aromatic nitrogens is 4. The molecule has 0 fully saturated rings. The summed E-state index contributed by atoms with van der Waals surface area (Å²) in [6, 6.07) is 2.99. The monoisotopic (exact) mass is 302 g/mol. The standard InChI is InChI=1S/C14H18N6O2/c1-9-6-19(7-12-18-16-8-20(9)12)14(22)17-10(2)11-3-4-15-13(21)5-11/h3-5,8-10H,6-7H2,1-2H3,(H,15,21)(H,17,22). The van der Waals surface area contributed by atoms with Crippen molar-refractivity contribution in [2.75, 3.05) is 6.54 Å². The zero-order valence-electron chi connectivity index (χ0n) is 12.5. The largest absolute Gasteiger partial charge is 0.331 e. The molecule has 0 spiro atoms. The number of carbonyl (C=O) groups excluding carboxylic acids is 1. The predicted octanol–water partition coefficient (Wildman–Crippen LogP) is 0.814. The van der Waals surface area contributed by atoms with Gasteiger partial charge in [0.1, 0.15) is 6.33 Å². The van der Waals surface area contributed by atoms with Gasteiger partial charge in [-0.1, -0.05) is 0 Å². The lowest BCUT2D eigenvalue weighted by Gasteiger charge is -2.32. The number of rotatable bonds is 2. The van der Waals surface area contributed by atoms with E-state index in [1.165, 1.54) is 6.07 Å². The third-order valence-electron chi connectivity index (χ3n) is 3.87. The van der Waals surface area contributed by atoms with Gasteiger partial charge < -0.3 is 19.8 Å². The molecule has 0 aromatic carbocycles. The van der Waals surface area contributed by atoms with E-state index in [0.29, 0.717) is 13.1 Å². The molecule has 2 N–H and O–H groups in total. The summed E-state index contributed by atoms with van der Waals surface area (Å²) in [4.78, 5) is 28.0. The predicted molar refractivity (Wildman–Crippen MR) is 79.2 cm³/mol. The van der Waals surface area contributed by atoms with Crippen molar-refractivity contribution in [3.8, 4) is 0 Å². The van der Waals surface area contributed by atoms with Crippen molar-refractivity contribution in [1.82, 2.24) is 30.0 Å². The molecule has 0 radical (unpaired) electrons. The van der Waals surface area contributed by atoms with E-state index in [2.05, 4.69) is 20.5 Å². The summed E-state index contributed by atoms with van der Waals surface area (Å²) in [5, 5.41) is 10.8. The third kappa shape index (κ3) is 2.72. The molecule has 2 aromatic heterocycles. The summed E-state index contributed by atoms with van der Waals surface area (Å²) < 4.78 is 1.98. The maximum atomic E-state index is 12.4. The molecule has 8 heteroatoms. The second-order valence-corrected chi connectivity index (χ2v) is 5.54. The fourth-order valence-electron chi connectivity index (χ4n) is 2.64. The number of pyridine rings is 1. The lowest BCUT2D eigenvalue weighted by molar-refractivity contribution is 0.168. The van der Waals surface area contributed by atoms with Gasteiger partial charge in [0.25, 0.3) is 0 Å². The molecule has 0 bridgehead atoms. The van der Waals surface area contributed by atoms with Crippen LogP contribution in [0.15, 0.2) is 29.5 Å². The Morgan fingerprint density at radius 3 is 3.14 bits per heavy atom. The van der Waals surface area contributed by atoms with Crippen LogP contribution in [0.2, 0.25) is 0 Å². The summed E-state index contributed by atoms with van der Waals surface area (Å²) >= 11 is 0. The van der Waals surface area contributed by atoms with Gasteiger partial charge in [-0.2, -0.15) is 0 Å². The average molecular weight is 302 g/mol. The van der Waals surface area contributed by atoms with Crippen LogP contribution in [0, 0.1) is 0 Å². The van der Waals surface area contributed by atoms with Crippen molar-refractivity contribution in [2.24, 2.45) is 0 Å². The molecule has 2 unspecified atom stereocenters. The minimum absolute atomic E-state index is 0.138. The maximum absolute atomic E-state index is 12.4.